The molecule has 0 bridgehead atoms. The minimum absolute atomic E-state index is 0.0699. The van der Waals surface area contributed by atoms with Crippen molar-refractivity contribution in [3.8, 4) is 11.5 Å². The summed E-state index contributed by atoms with van der Waals surface area (Å²) in [5.41, 5.74) is -3.02. The Morgan fingerprint density at radius 2 is 1.88 bits per heavy atom. The number of benzene rings is 1. The predicted octanol–water partition coefficient (Wildman–Crippen LogP) is 2.60. The van der Waals surface area contributed by atoms with Crippen LogP contribution in [0.1, 0.15) is 17.0 Å². The summed E-state index contributed by atoms with van der Waals surface area (Å²) >= 11 is 0. The lowest BCUT2D eigenvalue weighted by Gasteiger charge is -2.05. The zero-order valence-corrected chi connectivity index (χ0v) is 12.2. The van der Waals surface area contributed by atoms with Gasteiger partial charge in [0.1, 0.15) is 0 Å². The molecule has 0 unspecified atom stereocenters. The van der Waals surface area contributed by atoms with Crippen LogP contribution in [0.25, 0.3) is 12.2 Å². The SMILES string of the molecule is O=c1nc(C(F)(F)F)cc(/C=C/c2cc3c(cc2[N+](=O)[O-])OCO3)[nH]1. The molecule has 1 N–H and O–H groups in total. The second kappa shape index (κ2) is 5.92. The number of fused-ring (bicyclic) bond motifs is 1. The van der Waals surface area contributed by atoms with Crippen LogP contribution in [0, 0.1) is 10.1 Å². The number of alkyl halides is 3. The molecule has 2 aromatic rings. The number of ether oxygens (including phenoxy) is 2. The number of aromatic nitrogens is 2. The van der Waals surface area contributed by atoms with Crippen molar-refractivity contribution < 1.29 is 27.6 Å². The Balaban J connectivity index is 2.02. The van der Waals surface area contributed by atoms with Crippen molar-refractivity contribution in [1.82, 2.24) is 9.97 Å². The topological polar surface area (TPSA) is 107 Å². The number of hydrogen-bond acceptors (Lipinski definition) is 6. The first kappa shape index (κ1) is 16.5. The van der Waals surface area contributed by atoms with Crippen LogP contribution in [0.2, 0.25) is 0 Å². The van der Waals surface area contributed by atoms with Gasteiger partial charge < -0.3 is 14.5 Å². The lowest BCUT2D eigenvalue weighted by molar-refractivity contribution is -0.385. The highest BCUT2D eigenvalue weighted by Gasteiger charge is 2.33. The van der Waals surface area contributed by atoms with Crippen molar-refractivity contribution >= 4 is 17.8 Å². The molecule has 1 aromatic carbocycles. The van der Waals surface area contributed by atoms with Crippen LogP contribution in [0.3, 0.4) is 0 Å². The van der Waals surface area contributed by atoms with Crippen LogP contribution < -0.4 is 15.2 Å². The summed E-state index contributed by atoms with van der Waals surface area (Å²) < 4.78 is 48.2. The van der Waals surface area contributed by atoms with Gasteiger partial charge in [-0.3, -0.25) is 10.1 Å². The van der Waals surface area contributed by atoms with Crippen LogP contribution in [0.4, 0.5) is 18.9 Å². The quantitative estimate of drug-likeness (QED) is 0.670. The Kier molecular flexibility index (Phi) is 3.91. The first-order valence-electron chi connectivity index (χ1n) is 6.69. The van der Waals surface area contributed by atoms with Gasteiger partial charge in [0, 0.05) is 5.69 Å². The number of nitrogens with one attached hydrogen (secondary N) is 1. The Morgan fingerprint density at radius 1 is 1.20 bits per heavy atom. The van der Waals surface area contributed by atoms with E-state index in [1.54, 1.807) is 0 Å². The average molecular weight is 355 g/mol. The van der Waals surface area contributed by atoms with Crippen molar-refractivity contribution in [3.63, 3.8) is 0 Å². The second-order valence-electron chi connectivity index (χ2n) is 4.88. The molecule has 0 saturated heterocycles. The van der Waals surface area contributed by atoms with Gasteiger partial charge in [-0.1, -0.05) is 0 Å². The standard InChI is InChI=1S/C14H8F3N3O5/c15-14(16,17)12-4-8(18-13(21)19-12)2-1-7-3-10-11(25-6-24-10)5-9(7)20(22)23/h1-5H,6H2,(H,18,19,21)/b2-1+. The van der Waals surface area contributed by atoms with E-state index >= 15 is 0 Å². The van der Waals surface area contributed by atoms with Crippen LogP contribution in [-0.2, 0) is 6.18 Å². The van der Waals surface area contributed by atoms with E-state index < -0.39 is 22.5 Å². The Bertz CT molecular complexity index is 936. The van der Waals surface area contributed by atoms with E-state index in [9.17, 15) is 28.1 Å². The fourth-order valence-electron chi connectivity index (χ4n) is 2.13. The zero-order valence-electron chi connectivity index (χ0n) is 12.2. The van der Waals surface area contributed by atoms with Gasteiger partial charge in [-0.2, -0.15) is 18.2 Å². The third kappa shape index (κ3) is 3.44. The smallest absolute Gasteiger partial charge is 0.433 e. The molecule has 2 heterocycles. The minimum atomic E-state index is -4.79. The highest BCUT2D eigenvalue weighted by molar-refractivity contribution is 5.75. The molecule has 0 saturated carbocycles. The number of rotatable bonds is 3. The lowest BCUT2D eigenvalue weighted by Crippen LogP contribution is -2.19. The summed E-state index contributed by atoms with van der Waals surface area (Å²) in [6, 6.07) is 3.09. The Labute approximate surface area is 136 Å². The largest absolute Gasteiger partial charge is 0.454 e. The molecule has 0 aliphatic carbocycles. The van der Waals surface area contributed by atoms with E-state index in [-0.39, 0.29) is 35.2 Å². The van der Waals surface area contributed by atoms with Crippen LogP contribution >= 0.6 is 0 Å². The van der Waals surface area contributed by atoms with Gasteiger partial charge in [0.05, 0.1) is 16.6 Å². The van der Waals surface area contributed by atoms with Gasteiger partial charge in [-0.15, -0.1) is 0 Å². The molecule has 8 nitrogen and oxygen atoms in total. The normalized spacial score (nSPS) is 13.4. The molecule has 1 aliphatic rings. The first-order chi connectivity index (χ1) is 11.7. The van der Waals surface area contributed by atoms with E-state index in [4.69, 9.17) is 9.47 Å². The minimum Gasteiger partial charge on any atom is -0.454 e. The molecule has 1 aromatic heterocycles. The summed E-state index contributed by atoms with van der Waals surface area (Å²) in [5, 5.41) is 11.1. The fraction of sp³-hybridized carbons (Fsp3) is 0.143. The molecular formula is C14H8F3N3O5. The third-order valence-electron chi connectivity index (χ3n) is 3.22. The molecule has 0 radical (unpaired) electrons. The molecule has 0 atom stereocenters. The zero-order chi connectivity index (χ0) is 18.2. The molecule has 0 spiro atoms. The summed E-state index contributed by atoms with van der Waals surface area (Å²) in [6.45, 7) is -0.0910. The first-order valence-corrected chi connectivity index (χ1v) is 6.69. The van der Waals surface area contributed by atoms with E-state index in [2.05, 4.69) is 9.97 Å². The lowest BCUT2D eigenvalue weighted by atomic mass is 10.1. The number of nitro benzene ring substituents is 1. The second-order valence-corrected chi connectivity index (χ2v) is 4.88. The molecule has 130 valence electrons. The number of H-pyrrole nitrogens is 1. The summed E-state index contributed by atoms with van der Waals surface area (Å²) in [6.07, 6.45) is -2.50. The monoisotopic (exact) mass is 355 g/mol. The van der Waals surface area contributed by atoms with Gasteiger partial charge in [0.2, 0.25) is 6.79 Å². The van der Waals surface area contributed by atoms with E-state index in [0.29, 0.717) is 6.07 Å². The van der Waals surface area contributed by atoms with E-state index in [0.717, 1.165) is 12.1 Å². The number of aromatic amines is 1. The van der Waals surface area contributed by atoms with Gasteiger partial charge in [-0.25, -0.2) is 4.79 Å². The number of halogens is 3. The van der Waals surface area contributed by atoms with Crippen molar-refractivity contribution in [2.24, 2.45) is 0 Å². The van der Waals surface area contributed by atoms with E-state index in [1.807, 2.05) is 0 Å². The molecule has 0 amide bonds. The molecule has 1 aliphatic heterocycles. The molecule has 3 rings (SSSR count). The van der Waals surface area contributed by atoms with Crippen molar-refractivity contribution in [2.75, 3.05) is 6.79 Å². The van der Waals surface area contributed by atoms with Crippen molar-refractivity contribution in [3.05, 3.63) is 55.7 Å². The van der Waals surface area contributed by atoms with Crippen molar-refractivity contribution in [1.29, 1.82) is 0 Å². The Morgan fingerprint density at radius 3 is 2.52 bits per heavy atom. The average Bonchev–Trinajstić information content (AvgIpc) is 2.97. The van der Waals surface area contributed by atoms with Crippen LogP contribution in [-0.4, -0.2) is 21.7 Å². The fourth-order valence-corrected chi connectivity index (χ4v) is 2.13. The van der Waals surface area contributed by atoms with Gasteiger partial charge in [0.15, 0.2) is 17.2 Å². The number of nitro groups is 1. The number of nitrogens with zero attached hydrogens (tertiary/aromatic N) is 2. The highest BCUT2D eigenvalue weighted by Crippen LogP contribution is 2.38. The third-order valence-corrected chi connectivity index (χ3v) is 3.22. The van der Waals surface area contributed by atoms with E-state index in [1.165, 1.54) is 12.1 Å². The summed E-state index contributed by atoms with van der Waals surface area (Å²) in [4.78, 5) is 26.7. The Hall–Kier alpha value is -3.37. The van der Waals surface area contributed by atoms with Crippen molar-refractivity contribution in [2.45, 2.75) is 6.18 Å². The maximum Gasteiger partial charge on any atom is 0.433 e. The molecule has 25 heavy (non-hydrogen) atoms. The molecular weight excluding hydrogens is 347 g/mol. The van der Waals surface area contributed by atoms with Gasteiger partial charge >= 0.3 is 11.9 Å². The number of hydrogen-bond donors (Lipinski definition) is 1. The maximum atomic E-state index is 12.7. The summed E-state index contributed by atoms with van der Waals surface area (Å²) in [7, 11) is 0. The van der Waals surface area contributed by atoms with Gasteiger partial charge in [0.25, 0.3) is 5.69 Å². The van der Waals surface area contributed by atoms with Gasteiger partial charge in [-0.05, 0) is 24.3 Å². The van der Waals surface area contributed by atoms with Crippen LogP contribution in [0.15, 0.2) is 23.0 Å². The van der Waals surface area contributed by atoms with Crippen LogP contribution in [0.5, 0.6) is 11.5 Å². The molecule has 0 fully saturated rings. The maximum absolute atomic E-state index is 12.7. The predicted molar refractivity (Wildman–Crippen MR) is 78.0 cm³/mol. The summed E-state index contributed by atoms with van der Waals surface area (Å²) in [5.74, 6) is 0.463. The highest BCUT2D eigenvalue weighted by atomic mass is 19.4. The molecule has 11 heteroatoms.